The second kappa shape index (κ2) is 9.27. The largest absolute Gasteiger partial charge is 0.383 e. The zero-order chi connectivity index (χ0) is 24.7. The van der Waals surface area contributed by atoms with E-state index in [1.54, 1.807) is 36.9 Å². The van der Waals surface area contributed by atoms with Gasteiger partial charge in [-0.2, -0.15) is 5.10 Å². The summed E-state index contributed by atoms with van der Waals surface area (Å²) < 4.78 is 23.1. The Labute approximate surface area is 202 Å². The van der Waals surface area contributed by atoms with E-state index in [-0.39, 0.29) is 11.6 Å². The van der Waals surface area contributed by atoms with Crippen LogP contribution >= 0.6 is 0 Å². The van der Waals surface area contributed by atoms with Gasteiger partial charge < -0.3 is 24.7 Å². The minimum absolute atomic E-state index is 0.226. The van der Waals surface area contributed by atoms with Gasteiger partial charge in [0.05, 0.1) is 30.1 Å². The van der Waals surface area contributed by atoms with Gasteiger partial charge in [0, 0.05) is 68.0 Å². The number of pyridine rings is 1. The van der Waals surface area contributed by atoms with Crippen LogP contribution in [0.2, 0.25) is 0 Å². The molecule has 1 saturated heterocycles. The average molecular weight is 480 g/mol. The first kappa shape index (κ1) is 23.3. The van der Waals surface area contributed by atoms with E-state index in [1.165, 1.54) is 6.07 Å². The fourth-order valence-corrected chi connectivity index (χ4v) is 4.87. The number of rotatable bonds is 6. The van der Waals surface area contributed by atoms with Crippen molar-refractivity contribution in [2.24, 2.45) is 0 Å². The number of nitrogens with one attached hydrogen (secondary N) is 2. The molecule has 4 aromatic rings. The van der Waals surface area contributed by atoms with Gasteiger partial charge in [-0.05, 0) is 32.9 Å². The third-order valence-electron chi connectivity index (χ3n) is 6.25. The minimum atomic E-state index is -0.498. The Balaban J connectivity index is 1.52. The number of anilines is 2. The van der Waals surface area contributed by atoms with E-state index in [1.807, 2.05) is 16.9 Å². The lowest BCUT2D eigenvalue weighted by Gasteiger charge is -2.38. The Hall–Kier alpha value is -3.50. The van der Waals surface area contributed by atoms with Crippen molar-refractivity contribution in [3.05, 3.63) is 53.9 Å². The van der Waals surface area contributed by atoms with Crippen LogP contribution in [-0.4, -0.2) is 64.0 Å². The third-order valence-corrected chi connectivity index (χ3v) is 6.25. The summed E-state index contributed by atoms with van der Waals surface area (Å²) in [5.74, 6) is -0.849. The number of imidazole rings is 1. The van der Waals surface area contributed by atoms with E-state index < -0.39 is 5.82 Å². The molecule has 0 bridgehead atoms. The van der Waals surface area contributed by atoms with E-state index >= 15 is 0 Å². The second-order valence-corrected chi connectivity index (χ2v) is 9.30. The van der Waals surface area contributed by atoms with Gasteiger partial charge in [0.2, 0.25) is 0 Å². The number of halogens is 1. The molecule has 35 heavy (non-hydrogen) atoms. The number of aromatic nitrogens is 4. The van der Waals surface area contributed by atoms with Gasteiger partial charge in [0.15, 0.2) is 11.5 Å². The lowest BCUT2D eigenvalue weighted by Crippen LogP contribution is -2.54. The maximum atomic E-state index is 14.5. The van der Waals surface area contributed by atoms with Crippen molar-refractivity contribution in [1.82, 2.24) is 24.5 Å². The first-order valence-corrected chi connectivity index (χ1v) is 11.8. The number of fused-ring (bicyclic) bond motifs is 2. The number of hydrogen-bond donors (Lipinski definition) is 2. The van der Waals surface area contributed by atoms with Crippen LogP contribution in [0.25, 0.3) is 16.6 Å². The Morgan fingerprint density at radius 3 is 2.74 bits per heavy atom. The molecule has 0 saturated carbocycles. The minimum Gasteiger partial charge on any atom is -0.383 e. The molecule has 184 valence electrons. The van der Waals surface area contributed by atoms with Gasteiger partial charge in [-0.1, -0.05) is 0 Å². The van der Waals surface area contributed by atoms with Crippen molar-refractivity contribution in [3.63, 3.8) is 0 Å². The van der Waals surface area contributed by atoms with Crippen LogP contribution in [0.5, 0.6) is 0 Å². The molecule has 2 atom stereocenters. The number of nitrogens with zero attached hydrogens (tertiary/aromatic N) is 5. The maximum Gasteiger partial charge on any atom is 0.257 e. The lowest BCUT2D eigenvalue weighted by molar-refractivity contribution is 0.102. The smallest absolute Gasteiger partial charge is 0.257 e. The summed E-state index contributed by atoms with van der Waals surface area (Å²) in [6, 6.07) is 5.75. The van der Waals surface area contributed by atoms with Gasteiger partial charge >= 0.3 is 0 Å². The van der Waals surface area contributed by atoms with Crippen LogP contribution in [0.4, 0.5) is 15.8 Å². The van der Waals surface area contributed by atoms with Crippen molar-refractivity contribution < 1.29 is 13.9 Å². The molecule has 9 nitrogen and oxygen atoms in total. The van der Waals surface area contributed by atoms with Gasteiger partial charge in [-0.15, -0.1) is 0 Å². The predicted octanol–water partition coefficient (Wildman–Crippen LogP) is 3.22. The zero-order valence-electron chi connectivity index (χ0n) is 20.4. The molecule has 1 aliphatic rings. The molecule has 10 heteroatoms. The zero-order valence-corrected chi connectivity index (χ0v) is 20.4. The van der Waals surface area contributed by atoms with Crippen molar-refractivity contribution >= 4 is 33.8 Å². The number of hydrogen-bond acceptors (Lipinski definition) is 6. The Kier molecular flexibility index (Phi) is 6.16. The molecule has 0 radical (unpaired) electrons. The van der Waals surface area contributed by atoms with Crippen LogP contribution in [0, 0.1) is 12.7 Å². The molecular formula is C25H30FN7O2. The summed E-state index contributed by atoms with van der Waals surface area (Å²) >= 11 is 0. The maximum absolute atomic E-state index is 14.5. The molecule has 1 fully saturated rings. The van der Waals surface area contributed by atoms with E-state index in [0.29, 0.717) is 47.7 Å². The number of amides is 1. The normalized spacial score (nSPS) is 18.5. The molecule has 5 rings (SSSR count). The number of methoxy groups -OCH3 is 1. The highest BCUT2D eigenvalue weighted by atomic mass is 19.1. The van der Waals surface area contributed by atoms with E-state index in [9.17, 15) is 9.18 Å². The first-order valence-electron chi connectivity index (χ1n) is 11.8. The number of carbonyl (C=O) groups excluding carboxylic acids is 1. The van der Waals surface area contributed by atoms with Gasteiger partial charge in [-0.25, -0.2) is 9.37 Å². The lowest BCUT2D eigenvalue weighted by atomic mass is 10.1. The van der Waals surface area contributed by atoms with E-state index in [4.69, 9.17) is 9.84 Å². The summed E-state index contributed by atoms with van der Waals surface area (Å²) in [5, 5.41) is 12.0. The summed E-state index contributed by atoms with van der Waals surface area (Å²) in [6.07, 6.45) is 5.34. The van der Waals surface area contributed by atoms with E-state index in [0.717, 1.165) is 24.2 Å². The second-order valence-electron chi connectivity index (χ2n) is 9.30. The highest BCUT2D eigenvalue weighted by Crippen LogP contribution is 2.31. The number of carbonyl (C=O) groups is 1. The summed E-state index contributed by atoms with van der Waals surface area (Å²) in [6.45, 7) is 8.93. The van der Waals surface area contributed by atoms with Crippen molar-refractivity contribution in [1.29, 1.82) is 0 Å². The third kappa shape index (κ3) is 4.59. The van der Waals surface area contributed by atoms with Crippen LogP contribution in [0.1, 0.15) is 29.9 Å². The summed E-state index contributed by atoms with van der Waals surface area (Å²) in [4.78, 5) is 19.8. The molecule has 1 aromatic carbocycles. The summed E-state index contributed by atoms with van der Waals surface area (Å²) in [5.41, 5.74) is 3.35. The van der Waals surface area contributed by atoms with Crippen molar-refractivity contribution in [3.8, 4) is 0 Å². The quantitative estimate of drug-likeness (QED) is 0.442. The first-order chi connectivity index (χ1) is 16.8. The predicted molar refractivity (Wildman–Crippen MR) is 134 cm³/mol. The molecule has 0 aliphatic carbocycles. The van der Waals surface area contributed by atoms with Crippen LogP contribution in [0.15, 0.2) is 36.8 Å². The van der Waals surface area contributed by atoms with Crippen molar-refractivity contribution in [2.45, 2.75) is 39.4 Å². The Bertz CT molecular complexity index is 1390. The average Bonchev–Trinajstić information content (AvgIpc) is 3.39. The Morgan fingerprint density at radius 2 is 2.00 bits per heavy atom. The molecule has 1 amide bonds. The van der Waals surface area contributed by atoms with Gasteiger partial charge in [-0.3, -0.25) is 9.48 Å². The van der Waals surface area contributed by atoms with Crippen LogP contribution < -0.4 is 15.5 Å². The van der Waals surface area contributed by atoms with Crippen LogP contribution in [0.3, 0.4) is 0 Å². The number of aryl methyl sites for hydroxylation is 1. The van der Waals surface area contributed by atoms with Gasteiger partial charge in [0.25, 0.3) is 5.91 Å². The highest BCUT2D eigenvalue weighted by Gasteiger charge is 2.25. The molecule has 0 unspecified atom stereocenters. The summed E-state index contributed by atoms with van der Waals surface area (Å²) in [7, 11) is 1.65. The number of piperazine rings is 1. The SMILES string of the molecule is COCCn1cc2c(N3C[C@@H](C)N[C@@H](C)C3)ccc(C(=O)Nc3cc(F)c4nc(C)cn4c3)c2n1. The number of benzene rings is 1. The molecule has 1 aliphatic heterocycles. The standard InChI is InChI=1S/C25H30FN7O2/c1-15-10-31(11-16(2)27-15)22-6-5-19(23-20(22)14-33(30-23)7-8-35-4)25(34)29-18-9-21(26)24-28-17(3)12-32(24)13-18/h5-6,9,12-16,27H,7-8,10-11H2,1-4H3,(H,29,34)/t15-,16+. The van der Waals surface area contributed by atoms with Gasteiger partial charge in [0.1, 0.15) is 5.52 Å². The number of ether oxygens (including phenoxy) is 1. The molecule has 4 heterocycles. The Morgan fingerprint density at radius 1 is 1.23 bits per heavy atom. The monoisotopic (exact) mass is 479 g/mol. The fourth-order valence-electron chi connectivity index (χ4n) is 4.87. The molecule has 3 aromatic heterocycles. The molecule has 0 spiro atoms. The topological polar surface area (TPSA) is 88.7 Å². The highest BCUT2D eigenvalue weighted by molar-refractivity contribution is 6.13. The van der Waals surface area contributed by atoms with Crippen molar-refractivity contribution in [2.75, 3.05) is 37.0 Å². The van der Waals surface area contributed by atoms with E-state index in [2.05, 4.69) is 34.4 Å². The molecule has 2 N–H and O–H groups in total. The van der Waals surface area contributed by atoms with Crippen LogP contribution in [-0.2, 0) is 11.3 Å². The fraction of sp³-hybridized carbons (Fsp3) is 0.400. The molecular weight excluding hydrogens is 449 g/mol.